The molecule has 0 atom stereocenters. The molecule has 5 nitrogen and oxygen atoms in total. The fraction of sp³-hybridized carbons (Fsp3) is 0.500. The van der Waals surface area contributed by atoms with Crippen molar-refractivity contribution in [3.05, 3.63) is 29.1 Å². The lowest BCUT2D eigenvalue weighted by Crippen LogP contribution is -2.38. The van der Waals surface area contributed by atoms with Gasteiger partial charge in [0.25, 0.3) is 0 Å². The Morgan fingerprint density at radius 2 is 1.71 bits per heavy atom. The molecule has 1 aliphatic heterocycles. The number of likely N-dealkylation sites (N-methyl/N-ethyl adjacent to an activating group) is 1. The van der Waals surface area contributed by atoms with E-state index in [1.807, 2.05) is 0 Å². The highest BCUT2D eigenvalue weighted by Gasteiger charge is 2.32. The summed E-state index contributed by atoms with van der Waals surface area (Å²) in [5.41, 5.74) is 0.718. The summed E-state index contributed by atoms with van der Waals surface area (Å²) in [6.07, 6.45) is 0.584. The van der Waals surface area contributed by atoms with Gasteiger partial charge in [0.05, 0.1) is 11.4 Å². The number of sulfonamides is 1. The topological polar surface area (TPSA) is 57.7 Å². The maximum atomic E-state index is 13.3. The Hall–Kier alpha value is -1.47. The molecule has 0 aromatic heterocycles. The smallest absolute Gasteiger partial charge is 0.244 e. The summed E-state index contributed by atoms with van der Waals surface area (Å²) in [7, 11) is -2.14. The first-order valence-electron chi connectivity index (χ1n) is 6.74. The van der Waals surface area contributed by atoms with E-state index in [-0.39, 0.29) is 23.9 Å². The van der Waals surface area contributed by atoms with E-state index < -0.39 is 15.8 Å². The molecule has 1 aliphatic rings. The number of aryl methyl sites for hydroxylation is 2. The van der Waals surface area contributed by atoms with E-state index in [9.17, 15) is 17.6 Å². The zero-order valence-electron chi connectivity index (χ0n) is 12.4. The Morgan fingerprint density at radius 3 is 2.29 bits per heavy atom. The predicted octanol–water partition coefficient (Wildman–Crippen LogP) is 1.30. The number of hydrogen-bond donors (Lipinski definition) is 0. The average Bonchev–Trinajstić information content (AvgIpc) is 2.50. The second-order valence-corrected chi connectivity index (χ2v) is 7.25. The highest BCUT2D eigenvalue weighted by Crippen LogP contribution is 2.25. The Labute approximate surface area is 124 Å². The van der Waals surface area contributed by atoms with Gasteiger partial charge in [0.1, 0.15) is 5.82 Å². The molecule has 0 bridgehead atoms. The largest absolute Gasteiger partial charge is 0.345 e. The number of rotatable bonds is 2. The van der Waals surface area contributed by atoms with Gasteiger partial charge in [0.2, 0.25) is 15.9 Å². The van der Waals surface area contributed by atoms with Crippen LogP contribution >= 0.6 is 0 Å². The van der Waals surface area contributed by atoms with Crippen LogP contribution in [0.3, 0.4) is 0 Å². The molecule has 0 aliphatic carbocycles. The molecule has 1 fully saturated rings. The van der Waals surface area contributed by atoms with Gasteiger partial charge >= 0.3 is 0 Å². The Morgan fingerprint density at radius 1 is 1.14 bits per heavy atom. The van der Waals surface area contributed by atoms with Crippen molar-refractivity contribution >= 4 is 15.9 Å². The van der Waals surface area contributed by atoms with E-state index in [1.165, 1.54) is 21.3 Å². The van der Waals surface area contributed by atoms with Crippen LogP contribution in [0.4, 0.5) is 4.39 Å². The monoisotopic (exact) mass is 314 g/mol. The van der Waals surface area contributed by atoms with Gasteiger partial charge in [0, 0.05) is 20.1 Å². The molecule has 0 N–H and O–H groups in total. The molecule has 1 aromatic rings. The standard InChI is InChI=1S/C14H19FN2O3S/c1-10-7-12(15)8-11(2)14(10)21(19,20)17-6-4-5-16(3)13(18)9-17/h7-8H,4-6,9H2,1-3H3. The van der Waals surface area contributed by atoms with Gasteiger partial charge in [-0.3, -0.25) is 4.79 Å². The van der Waals surface area contributed by atoms with E-state index >= 15 is 0 Å². The van der Waals surface area contributed by atoms with Crippen LogP contribution in [0.15, 0.2) is 17.0 Å². The van der Waals surface area contributed by atoms with E-state index in [4.69, 9.17) is 0 Å². The first-order valence-corrected chi connectivity index (χ1v) is 8.18. The van der Waals surface area contributed by atoms with E-state index in [0.29, 0.717) is 24.1 Å². The molecule has 2 rings (SSSR count). The fourth-order valence-corrected chi connectivity index (χ4v) is 4.44. The highest BCUT2D eigenvalue weighted by atomic mass is 32.2. The molecular weight excluding hydrogens is 295 g/mol. The highest BCUT2D eigenvalue weighted by molar-refractivity contribution is 7.89. The maximum Gasteiger partial charge on any atom is 0.244 e. The number of benzene rings is 1. The number of nitrogens with zero attached hydrogens (tertiary/aromatic N) is 2. The minimum atomic E-state index is -3.80. The van der Waals surface area contributed by atoms with Crippen molar-refractivity contribution in [2.24, 2.45) is 0 Å². The van der Waals surface area contributed by atoms with Gasteiger partial charge in [-0.25, -0.2) is 12.8 Å². The zero-order chi connectivity index (χ0) is 15.8. The van der Waals surface area contributed by atoms with Crippen LogP contribution < -0.4 is 0 Å². The molecule has 21 heavy (non-hydrogen) atoms. The summed E-state index contributed by atoms with van der Waals surface area (Å²) >= 11 is 0. The third kappa shape index (κ3) is 3.08. The van der Waals surface area contributed by atoms with E-state index in [2.05, 4.69) is 0 Å². The number of halogens is 1. The molecule has 7 heteroatoms. The lowest BCUT2D eigenvalue weighted by molar-refractivity contribution is -0.129. The van der Waals surface area contributed by atoms with Crippen molar-refractivity contribution in [2.45, 2.75) is 25.2 Å². The summed E-state index contributed by atoms with van der Waals surface area (Å²) in [4.78, 5) is 13.5. The molecule has 0 radical (unpaired) electrons. The third-order valence-electron chi connectivity index (χ3n) is 3.66. The van der Waals surface area contributed by atoms with Crippen LogP contribution in [-0.2, 0) is 14.8 Å². The lowest BCUT2D eigenvalue weighted by atomic mass is 10.1. The van der Waals surface area contributed by atoms with Crippen LogP contribution in [0, 0.1) is 19.7 Å². The molecule has 0 unspecified atom stereocenters. The van der Waals surface area contributed by atoms with Gasteiger partial charge in [-0.05, 0) is 43.5 Å². The number of carbonyl (C=O) groups is 1. The SMILES string of the molecule is Cc1cc(F)cc(C)c1S(=O)(=O)N1CCCN(C)C(=O)C1. The van der Waals surface area contributed by atoms with Gasteiger partial charge in [0.15, 0.2) is 0 Å². The van der Waals surface area contributed by atoms with Crippen molar-refractivity contribution < 1.29 is 17.6 Å². The predicted molar refractivity (Wildman–Crippen MR) is 76.9 cm³/mol. The second kappa shape index (κ2) is 5.73. The first-order chi connectivity index (χ1) is 9.73. The molecule has 0 spiro atoms. The van der Waals surface area contributed by atoms with Gasteiger partial charge in [-0.2, -0.15) is 4.31 Å². The van der Waals surface area contributed by atoms with Gasteiger partial charge in [-0.15, -0.1) is 0 Å². The summed E-state index contributed by atoms with van der Waals surface area (Å²) in [5.74, 6) is -0.691. The first kappa shape index (κ1) is 15.9. The molecule has 1 amide bonds. The normalized spacial score (nSPS) is 17.9. The van der Waals surface area contributed by atoms with Crippen LogP contribution in [-0.4, -0.2) is 50.2 Å². The van der Waals surface area contributed by atoms with Crippen LogP contribution in [0.25, 0.3) is 0 Å². The van der Waals surface area contributed by atoms with Gasteiger partial charge < -0.3 is 4.90 Å². The van der Waals surface area contributed by atoms with Crippen molar-refractivity contribution in [3.63, 3.8) is 0 Å². The summed E-state index contributed by atoms with van der Waals surface area (Å²) in [6.45, 7) is 3.78. The van der Waals surface area contributed by atoms with E-state index in [1.54, 1.807) is 20.9 Å². The Bertz CT molecular complexity index is 650. The lowest BCUT2D eigenvalue weighted by Gasteiger charge is -2.22. The zero-order valence-corrected chi connectivity index (χ0v) is 13.2. The molecular formula is C14H19FN2O3S. The van der Waals surface area contributed by atoms with Crippen molar-refractivity contribution in [1.29, 1.82) is 0 Å². The average molecular weight is 314 g/mol. The number of amides is 1. The van der Waals surface area contributed by atoms with Gasteiger partial charge in [-0.1, -0.05) is 0 Å². The second-order valence-electron chi connectivity index (χ2n) is 5.38. The molecule has 1 aromatic carbocycles. The number of hydrogen-bond acceptors (Lipinski definition) is 3. The van der Waals surface area contributed by atoms with Crippen LogP contribution in [0.2, 0.25) is 0 Å². The van der Waals surface area contributed by atoms with Crippen molar-refractivity contribution in [2.75, 3.05) is 26.7 Å². The molecule has 1 saturated heterocycles. The van der Waals surface area contributed by atoms with Crippen LogP contribution in [0.1, 0.15) is 17.5 Å². The Kier molecular flexibility index (Phi) is 4.34. The van der Waals surface area contributed by atoms with Crippen molar-refractivity contribution in [1.82, 2.24) is 9.21 Å². The van der Waals surface area contributed by atoms with Crippen molar-refractivity contribution in [3.8, 4) is 0 Å². The minimum absolute atomic E-state index is 0.0984. The third-order valence-corrected chi connectivity index (χ3v) is 5.81. The molecule has 1 heterocycles. The fourth-order valence-electron chi connectivity index (χ4n) is 2.60. The number of carbonyl (C=O) groups excluding carboxylic acids is 1. The van der Waals surface area contributed by atoms with E-state index in [0.717, 1.165) is 0 Å². The molecule has 0 saturated carbocycles. The Balaban J connectivity index is 2.45. The minimum Gasteiger partial charge on any atom is -0.345 e. The summed E-state index contributed by atoms with van der Waals surface area (Å²) in [6, 6.07) is 2.40. The van der Waals surface area contributed by atoms with Crippen LogP contribution in [0.5, 0.6) is 0 Å². The quantitative estimate of drug-likeness (QED) is 0.826. The summed E-state index contributed by atoms with van der Waals surface area (Å²) < 4.78 is 40.1. The summed E-state index contributed by atoms with van der Waals surface area (Å²) in [5, 5.41) is 0. The molecule has 116 valence electrons. The maximum absolute atomic E-state index is 13.3.